The van der Waals surface area contributed by atoms with E-state index in [0.29, 0.717) is 30.5 Å². The molecule has 0 atom stereocenters. The van der Waals surface area contributed by atoms with Crippen LogP contribution in [0.3, 0.4) is 0 Å². The van der Waals surface area contributed by atoms with Gasteiger partial charge in [-0.1, -0.05) is 12.1 Å². The van der Waals surface area contributed by atoms with E-state index in [1.54, 1.807) is 13.2 Å². The minimum atomic E-state index is -0.960. The average Bonchev–Trinajstić information content (AvgIpc) is 3.16. The number of aromatic hydroxyl groups is 1. The molecule has 11 heteroatoms. The molecular weight excluding hydrogens is 455 g/mol. The van der Waals surface area contributed by atoms with Crippen molar-refractivity contribution >= 4 is 11.8 Å². The Kier molecular flexibility index (Phi) is 5.62. The van der Waals surface area contributed by atoms with Gasteiger partial charge < -0.3 is 15.7 Å². The van der Waals surface area contributed by atoms with Gasteiger partial charge in [-0.05, 0) is 49.3 Å². The van der Waals surface area contributed by atoms with Crippen LogP contribution in [0.2, 0.25) is 0 Å². The van der Waals surface area contributed by atoms with Crippen molar-refractivity contribution in [3.63, 3.8) is 0 Å². The van der Waals surface area contributed by atoms with E-state index in [2.05, 4.69) is 20.7 Å². The van der Waals surface area contributed by atoms with Crippen molar-refractivity contribution in [1.82, 2.24) is 30.0 Å². The van der Waals surface area contributed by atoms with Crippen molar-refractivity contribution in [3.05, 3.63) is 75.5 Å². The highest BCUT2D eigenvalue weighted by molar-refractivity contribution is 5.95. The van der Waals surface area contributed by atoms with Gasteiger partial charge in [-0.2, -0.15) is 5.10 Å². The van der Waals surface area contributed by atoms with Crippen LogP contribution in [-0.2, 0) is 25.7 Å². The summed E-state index contributed by atoms with van der Waals surface area (Å²) in [6.45, 7) is 0.417. The molecule has 1 saturated carbocycles. The van der Waals surface area contributed by atoms with E-state index in [-0.39, 0.29) is 24.2 Å². The predicted molar refractivity (Wildman–Crippen MR) is 122 cm³/mol. The second-order valence-electron chi connectivity index (χ2n) is 9.24. The molecule has 3 aliphatic rings. The minimum absolute atomic E-state index is 0.0591. The molecule has 0 radical (unpaired) electrons. The summed E-state index contributed by atoms with van der Waals surface area (Å²) in [7, 11) is 1.71. The van der Waals surface area contributed by atoms with Gasteiger partial charge in [0.15, 0.2) is 5.69 Å². The molecule has 35 heavy (non-hydrogen) atoms. The molecule has 1 aliphatic carbocycles. The third kappa shape index (κ3) is 4.17. The molecule has 10 nitrogen and oxygen atoms in total. The third-order valence-corrected chi connectivity index (χ3v) is 6.87. The Bertz CT molecular complexity index is 1360. The Balaban J connectivity index is 1.50. The minimum Gasteiger partial charge on any atom is -0.501 e. The zero-order valence-electron chi connectivity index (χ0n) is 19.1. The second kappa shape index (κ2) is 8.64. The molecule has 2 amide bonds. The quantitative estimate of drug-likeness (QED) is 0.508. The highest BCUT2D eigenvalue weighted by atomic mass is 19.1. The van der Waals surface area contributed by atoms with Gasteiger partial charge in [0.05, 0.1) is 17.3 Å². The van der Waals surface area contributed by atoms with Gasteiger partial charge in [0.25, 0.3) is 17.4 Å². The van der Waals surface area contributed by atoms with Gasteiger partial charge in [-0.3, -0.25) is 23.6 Å². The highest BCUT2D eigenvalue weighted by Crippen LogP contribution is 2.43. The standard InChI is InChI=1S/C24H25FN6O4/c1-30-13-16(11-27-30)20(33)29-24-8-6-15(7-9-24)12-31-22(35)19(32)18(28-23(24)31)21(34)26-10-14-2-4-17(25)5-3-14/h2-5,11,13,15,32H,6-10,12H2,1H3,(H,26,34)(H,29,33). The summed E-state index contributed by atoms with van der Waals surface area (Å²) in [5, 5.41) is 20.3. The Morgan fingerprint density at radius 2 is 1.91 bits per heavy atom. The molecule has 6 rings (SSSR count). The van der Waals surface area contributed by atoms with Crippen LogP contribution in [0.4, 0.5) is 4.39 Å². The fraction of sp³-hybridized carbons (Fsp3) is 0.375. The number of carbonyl (C=O) groups is 2. The van der Waals surface area contributed by atoms with Crippen LogP contribution in [0.1, 0.15) is 57.9 Å². The Labute approximate surface area is 199 Å². The van der Waals surface area contributed by atoms with Crippen molar-refractivity contribution in [3.8, 4) is 5.75 Å². The number of aromatic nitrogens is 4. The molecule has 0 saturated heterocycles. The van der Waals surface area contributed by atoms with Crippen LogP contribution in [0, 0.1) is 11.7 Å². The van der Waals surface area contributed by atoms with Crippen molar-refractivity contribution < 1.29 is 19.1 Å². The number of carbonyl (C=O) groups excluding carboxylic acids is 2. The summed E-state index contributed by atoms with van der Waals surface area (Å²) in [4.78, 5) is 43.6. The number of halogens is 1. The first-order chi connectivity index (χ1) is 16.8. The fourth-order valence-corrected chi connectivity index (χ4v) is 4.95. The lowest BCUT2D eigenvalue weighted by Crippen LogP contribution is -2.49. The van der Waals surface area contributed by atoms with Crippen LogP contribution in [-0.4, -0.2) is 36.3 Å². The molecule has 2 aromatic heterocycles. The number of benzene rings is 1. The maximum absolute atomic E-state index is 13.1. The summed E-state index contributed by atoms with van der Waals surface area (Å²) in [6.07, 6.45) is 5.70. The summed E-state index contributed by atoms with van der Waals surface area (Å²) in [5.41, 5.74) is -1.05. The first-order valence-electron chi connectivity index (χ1n) is 11.4. The number of hydrogen-bond acceptors (Lipinski definition) is 6. The third-order valence-electron chi connectivity index (χ3n) is 6.87. The molecule has 0 spiro atoms. The maximum Gasteiger partial charge on any atom is 0.296 e. The van der Waals surface area contributed by atoms with Crippen LogP contribution < -0.4 is 16.2 Å². The average molecular weight is 481 g/mol. The van der Waals surface area contributed by atoms with Crippen LogP contribution in [0.5, 0.6) is 5.75 Å². The monoisotopic (exact) mass is 480 g/mol. The number of aryl methyl sites for hydroxylation is 1. The number of nitrogens with zero attached hydrogens (tertiary/aromatic N) is 4. The van der Waals surface area contributed by atoms with Gasteiger partial charge >= 0.3 is 0 Å². The first kappa shape index (κ1) is 22.8. The van der Waals surface area contributed by atoms with E-state index in [4.69, 9.17) is 0 Å². The molecule has 3 aromatic rings. The molecule has 1 aromatic carbocycles. The Morgan fingerprint density at radius 3 is 2.57 bits per heavy atom. The molecule has 4 heterocycles. The highest BCUT2D eigenvalue weighted by Gasteiger charge is 2.46. The molecule has 1 fully saturated rings. The molecule has 2 bridgehead atoms. The lowest BCUT2D eigenvalue weighted by Gasteiger charge is -2.37. The molecule has 182 valence electrons. The summed E-state index contributed by atoms with van der Waals surface area (Å²) in [6, 6.07) is 5.60. The van der Waals surface area contributed by atoms with E-state index in [1.807, 2.05) is 0 Å². The maximum atomic E-state index is 13.1. The number of amides is 2. The Morgan fingerprint density at radius 1 is 1.20 bits per heavy atom. The van der Waals surface area contributed by atoms with Crippen molar-refractivity contribution in [2.75, 3.05) is 0 Å². The van der Waals surface area contributed by atoms with Gasteiger partial charge in [-0.15, -0.1) is 0 Å². The van der Waals surface area contributed by atoms with Crippen LogP contribution >= 0.6 is 0 Å². The van der Waals surface area contributed by atoms with E-state index in [1.165, 1.54) is 39.7 Å². The summed E-state index contributed by atoms with van der Waals surface area (Å²) in [5.74, 6) is -1.75. The lowest BCUT2D eigenvalue weighted by molar-refractivity contribution is 0.0850. The number of fused-ring (bicyclic) bond motifs is 2. The van der Waals surface area contributed by atoms with Gasteiger partial charge in [0.2, 0.25) is 5.75 Å². The summed E-state index contributed by atoms with van der Waals surface area (Å²) >= 11 is 0. The van der Waals surface area contributed by atoms with Crippen molar-refractivity contribution in [2.24, 2.45) is 13.0 Å². The SMILES string of the molecule is Cn1cc(C(=O)NC23CCC(CC2)Cn2c3nc(C(=O)NCc3ccc(F)cc3)c(O)c2=O)cn1. The molecule has 0 unspecified atom stereocenters. The van der Waals surface area contributed by atoms with E-state index >= 15 is 0 Å². The molecule has 3 N–H and O–H groups in total. The van der Waals surface area contributed by atoms with Crippen molar-refractivity contribution in [1.29, 1.82) is 0 Å². The van der Waals surface area contributed by atoms with E-state index in [0.717, 1.165) is 12.8 Å². The fourth-order valence-electron chi connectivity index (χ4n) is 4.95. The van der Waals surface area contributed by atoms with Gasteiger partial charge in [-0.25, -0.2) is 9.37 Å². The van der Waals surface area contributed by atoms with E-state index in [9.17, 15) is 23.9 Å². The number of hydrogen-bond donors (Lipinski definition) is 3. The Hall–Kier alpha value is -4.02. The zero-order valence-corrected chi connectivity index (χ0v) is 19.1. The molecule has 2 aliphatic heterocycles. The van der Waals surface area contributed by atoms with Crippen LogP contribution in [0.15, 0.2) is 41.5 Å². The molecular formula is C24H25FN6O4. The zero-order chi connectivity index (χ0) is 24.7. The normalized spacial score (nSPS) is 20.7. The number of rotatable bonds is 5. The van der Waals surface area contributed by atoms with Crippen molar-refractivity contribution in [2.45, 2.75) is 44.3 Å². The predicted octanol–water partition coefficient (Wildman–Crippen LogP) is 1.58. The summed E-state index contributed by atoms with van der Waals surface area (Å²) < 4.78 is 16.1. The smallest absolute Gasteiger partial charge is 0.296 e. The van der Waals surface area contributed by atoms with Gasteiger partial charge in [0, 0.05) is 26.3 Å². The van der Waals surface area contributed by atoms with Gasteiger partial charge in [0.1, 0.15) is 11.6 Å². The topological polar surface area (TPSA) is 131 Å². The lowest BCUT2D eigenvalue weighted by atomic mass is 9.77. The second-order valence-corrected chi connectivity index (χ2v) is 9.24. The first-order valence-corrected chi connectivity index (χ1v) is 11.4. The van der Waals surface area contributed by atoms with E-state index < -0.39 is 34.3 Å². The van der Waals surface area contributed by atoms with Crippen LogP contribution in [0.25, 0.3) is 0 Å². The number of nitrogens with one attached hydrogen (secondary N) is 2. The largest absolute Gasteiger partial charge is 0.501 e.